The van der Waals surface area contributed by atoms with Crippen LogP contribution in [0.3, 0.4) is 0 Å². The molecule has 0 saturated heterocycles. The minimum absolute atomic E-state index is 0.211. The van der Waals surface area contributed by atoms with Crippen molar-refractivity contribution in [3.05, 3.63) is 34.9 Å². The summed E-state index contributed by atoms with van der Waals surface area (Å²) in [6, 6.07) is 8.12. The molecule has 3 nitrogen and oxygen atoms in total. The third-order valence-electron chi connectivity index (χ3n) is 3.76. The van der Waals surface area contributed by atoms with Crippen molar-refractivity contribution in [3.8, 4) is 6.07 Å². The van der Waals surface area contributed by atoms with Crippen LogP contribution in [0, 0.1) is 18.3 Å². The molecule has 96 valence electrons. The first-order valence-electron chi connectivity index (χ1n) is 6.62. The number of hydrogen-bond acceptors (Lipinski definition) is 3. The molecule has 3 heteroatoms. The van der Waals surface area contributed by atoms with Crippen LogP contribution in [-0.2, 0) is 6.54 Å². The number of nitrogens with zero attached hydrogens (tertiary/aromatic N) is 1. The van der Waals surface area contributed by atoms with E-state index in [2.05, 4.69) is 11.4 Å². The number of benzene rings is 1. The summed E-state index contributed by atoms with van der Waals surface area (Å²) >= 11 is 0. The van der Waals surface area contributed by atoms with Gasteiger partial charge in [-0.15, -0.1) is 0 Å². The van der Waals surface area contributed by atoms with Gasteiger partial charge in [-0.3, -0.25) is 0 Å². The minimum Gasteiger partial charge on any atom is -0.392 e. The Morgan fingerprint density at radius 3 is 2.83 bits per heavy atom. The van der Waals surface area contributed by atoms with Gasteiger partial charge < -0.3 is 10.4 Å². The van der Waals surface area contributed by atoms with E-state index in [0.29, 0.717) is 5.56 Å². The molecule has 1 aromatic carbocycles. The third kappa shape index (κ3) is 3.10. The maximum atomic E-state index is 9.89. The summed E-state index contributed by atoms with van der Waals surface area (Å²) in [5, 5.41) is 22.1. The van der Waals surface area contributed by atoms with Crippen LogP contribution in [0.2, 0.25) is 0 Å². The van der Waals surface area contributed by atoms with Crippen LogP contribution in [0.1, 0.15) is 42.4 Å². The first kappa shape index (κ1) is 13.1. The van der Waals surface area contributed by atoms with E-state index in [9.17, 15) is 5.11 Å². The zero-order valence-electron chi connectivity index (χ0n) is 10.8. The van der Waals surface area contributed by atoms with Gasteiger partial charge in [-0.2, -0.15) is 5.26 Å². The Morgan fingerprint density at radius 1 is 1.39 bits per heavy atom. The van der Waals surface area contributed by atoms with Crippen molar-refractivity contribution < 1.29 is 5.11 Å². The lowest BCUT2D eigenvalue weighted by molar-refractivity contribution is 0.0902. The Kier molecular flexibility index (Phi) is 4.35. The Bertz CT molecular complexity index is 450. The molecular formula is C15H20N2O. The van der Waals surface area contributed by atoms with Crippen molar-refractivity contribution in [2.24, 2.45) is 0 Å². The van der Waals surface area contributed by atoms with Crippen molar-refractivity contribution in [2.45, 2.75) is 51.3 Å². The molecular weight excluding hydrogens is 224 g/mol. The summed E-state index contributed by atoms with van der Waals surface area (Å²) in [7, 11) is 0. The second-order valence-electron chi connectivity index (χ2n) is 5.09. The average molecular weight is 244 g/mol. The molecule has 1 saturated carbocycles. The van der Waals surface area contributed by atoms with Crippen molar-refractivity contribution in [2.75, 3.05) is 0 Å². The molecule has 0 radical (unpaired) electrons. The second kappa shape index (κ2) is 5.99. The van der Waals surface area contributed by atoms with Crippen LogP contribution >= 0.6 is 0 Å². The molecule has 2 rings (SSSR count). The van der Waals surface area contributed by atoms with E-state index in [1.807, 2.05) is 25.1 Å². The largest absolute Gasteiger partial charge is 0.392 e. The highest BCUT2D eigenvalue weighted by molar-refractivity contribution is 5.37. The zero-order valence-corrected chi connectivity index (χ0v) is 10.8. The normalized spacial score (nSPS) is 23.6. The molecule has 0 aliphatic heterocycles. The zero-order chi connectivity index (χ0) is 13.0. The van der Waals surface area contributed by atoms with E-state index in [0.717, 1.165) is 31.4 Å². The van der Waals surface area contributed by atoms with E-state index < -0.39 is 0 Å². The fourth-order valence-electron chi connectivity index (χ4n) is 2.55. The second-order valence-corrected chi connectivity index (χ2v) is 5.09. The van der Waals surface area contributed by atoms with Crippen molar-refractivity contribution in [1.82, 2.24) is 5.32 Å². The van der Waals surface area contributed by atoms with Crippen molar-refractivity contribution >= 4 is 0 Å². The van der Waals surface area contributed by atoms with Gasteiger partial charge in [0.25, 0.3) is 0 Å². The van der Waals surface area contributed by atoms with Gasteiger partial charge in [0.2, 0.25) is 0 Å². The van der Waals surface area contributed by atoms with Gasteiger partial charge >= 0.3 is 0 Å². The number of nitriles is 1. The van der Waals surface area contributed by atoms with E-state index in [1.54, 1.807) is 0 Å². The fourth-order valence-corrected chi connectivity index (χ4v) is 2.55. The predicted molar refractivity (Wildman–Crippen MR) is 71.0 cm³/mol. The third-order valence-corrected chi connectivity index (χ3v) is 3.76. The molecule has 18 heavy (non-hydrogen) atoms. The lowest BCUT2D eigenvalue weighted by Crippen LogP contribution is -2.41. The number of hydrogen-bond donors (Lipinski definition) is 2. The smallest absolute Gasteiger partial charge is 0.0991 e. The molecule has 1 aliphatic carbocycles. The summed E-state index contributed by atoms with van der Waals surface area (Å²) in [5.74, 6) is 0. The molecule has 2 atom stereocenters. The first-order valence-corrected chi connectivity index (χ1v) is 6.62. The van der Waals surface area contributed by atoms with Crippen LogP contribution in [0.4, 0.5) is 0 Å². The van der Waals surface area contributed by atoms with E-state index in [1.165, 1.54) is 12.0 Å². The van der Waals surface area contributed by atoms with Gasteiger partial charge in [0.1, 0.15) is 0 Å². The maximum Gasteiger partial charge on any atom is 0.0991 e. The van der Waals surface area contributed by atoms with Gasteiger partial charge in [-0.1, -0.05) is 18.9 Å². The van der Waals surface area contributed by atoms with Crippen molar-refractivity contribution in [3.63, 3.8) is 0 Å². The SMILES string of the molecule is Cc1cc(C#N)ccc1CNC1CCCCC1O. The summed E-state index contributed by atoms with van der Waals surface area (Å²) in [4.78, 5) is 0. The topological polar surface area (TPSA) is 56.0 Å². The van der Waals surface area contributed by atoms with Gasteiger partial charge in [-0.05, 0) is 43.0 Å². The summed E-state index contributed by atoms with van der Waals surface area (Å²) in [6.07, 6.45) is 4.08. The van der Waals surface area contributed by atoms with E-state index in [-0.39, 0.29) is 12.1 Å². The summed E-state index contributed by atoms with van der Waals surface area (Å²) < 4.78 is 0. The van der Waals surface area contributed by atoms with Gasteiger partial charge in [0, 0.05) is 12.6 Å². The van der Waals surface area contributed by atoms with Crippen LogP contribution in [0.5, 0.6) is 0 Å². The number of nitrogens with one attached hydrogen (secondary N) is 1. The lowest BCUT2D eigenvalue weighted by Gasteiger charge is -2.28. The molecule has 2 N–H and O–H groups in total. The van der Waals surface area contributed by atoms with Crippen LogP contribution < -0.4 is 5.32 Å². The molecule has 0 aromatic heterocycles. The lowest BCUT2D eigenvalue weighted by atomic mass is 9.92. The van der Waals surface area contributed by atoms with Gasteiger partial charge in [0.05, 0.1) is 17.7 Å². The highest BCUT2D eigenvalue weighted by Crippen LogP contribution is 2.19. The summed E-state index contributed by atoms with van der Waals surface area (Å²) in [6.45, 7) is 2.79. The molecule has 0 spiro atoms. The van der Waals surface area contributed by atoms with E-state index >= 15 is 0 Å². The number of rotatable bonds is 3. The number of aliphatic hydroxyl groups is 1. The molecule has 1 aromatic rings. The average Bonchev–Trinajstić information content (AvgIpc) is 2.39. The Balaban J connectivity index is 1.95. The first-order chi connectivity index (χ1) is 8.70. The molecule has 0 bridgehead atoms. The minimum atomic E-state index is -0.211. The standard InChI is InChI=1S/C15H20N2O/c1-11-8-12(9-16)6-7-13(11)10-17-14-4-2-3-5-15(14)18/h6-8,14-15,17-18H,2-5,10H2,1H3. The monoisotopic (exact) mass is 244 g/mol. The van der Waals surface area contributed by atoms with Crippen LogP contribution in [0.25, 0.3) is 0 Å². The highest BCUT2D eigenvalue weighted by atomic mass is 16.3. The van der Waals surface area contributed by atoms with E-state index in [4.69, 9.17) is 5.26 Å². The highest BCUT2D eigenvalue weighted by Gasteiger charge is 2.22. The summed E-state index contributed by atoms with van der Waals surface area (Å²) in [5.41, 5.74) is 3.03. The fraction of sp³-hybridized carbons (Fsp3) is 0.533. The van der Waals surface area contributed by atoms with Gasteiger partial charge in [-0.25, -0.2) is 0 Å². The molecule has 2 unspecified atom stereocenters. The van der Waals surface area contributed by atoms with Crippen LogP contribution in [0.15, 0.2) is 18.2 Å². The van der Waals surface area contributed by atoms with Gasteiger partial charge in [0.15, 0.2) is 0 Å². The molecule has 0 amide bonds. The van der Waals surface area contributed by atoms with Crippen LogP contribution in [-0.4, -0.2) is 17.3 Å². The maximum absolute atomic E-state index is 9.89. The Hall–Kier alpha value is -1.37. The molecule has 0 heterocycles. The Morgan fingerprint density at radius 2 is 2.17 bits per heavy atom. The quantitative estimate of drug-likeness (QED) is 0.857. The molecule has 1 aliphatic rings. The molecule has 1 fully saturated rings. The Labute approximate surface area is 108 Å². The number of aryl methyl sites for hydroxylation is 1. The number of aliphatic hydroxyl groups excluding tert-OH is 1. The predicted octanol–water partition coefficient (Wildman–Crippen LogP) is 2.26. The van der Waals surface area contributed by atoms with Crippen molar-refractivity contribution in [1.29, 1.82) is 5.26 Å².